The third-order valence-electron chi connectivity index (χ3n) is 3.52. The number of nitrogens with zero attached hydrogens (tertiary/aromatic N) is 1. The molecule has 5 heteroatoms. The van der Waals surface area contributed by atoms with E-state index in [1.165, 1.54) is 25.7 Å². The molecule has 0 atom stereocenters. The fourth-order valence-electron chi connectivity index (χ4n) is 2.73. The first-order valence-corrected chi connectivity index (χ1v) is 7.75. The smallest absolute Gasteiger partial charge is 0.257 e. The zero-order valence-electron chi connectivity index (χ0n) is 9.25. The minimum atomic E-state index is -0.904. The summed E-state index contributed by atoms with van der Waals surface area (Å²) in [4.78, 5) is 13.0. The maximum atomic E-state index is 12.0. The van der Waals surface area contributed by atoms with E-state index in [0.717, 1.165) is 25.1 Å². The Morgan fingerprint density at radius 1 is 1.19 bits per heavy atom. The van der Waals surface area contributed by atoms with Crippen molar-refractivity contribution in [2.24, 2.45) is 0 Å². The topological polar surface area (TPSA) is 20.3 Å². The first-order valence-electron chi connectivity index (χ1n) is 5.89. The molecule has 1 spiro atoms. The molecule has 0 aromatic carbocycles. The Hall–Kier alpha value is 0.400. The largest absolute Gasteiger partial charge is 0.325 e. The van der Waals surface area contributed by atoms with Crippen molar-refractivity contribution < 1.29 is 4.79 Å². The third-order valence-corrected chi connectivity index (χ3v) is 5.44. The first-order chi connectivity index (χ1) is 7.66. The maximum Gasteiger partial charge on any atom is 0.257 e. The molecule has 1 saturated heterocycles. The van der Waals surface area contributed by atoms with Crippen LogP contribution in [0.1, 0.15) is 38.5 Å². The summed E-state index contributed by atoms with van der Waals surface area (Å²) in [5.74, 6) is 0.918. The van der Waals surface area contributed by atoms with E-state index in [0.29, 0.717) is 0 Å². The predicted molar refractivity (Wildman–Crippen MR) is 70.1 cm³/mol. The summed E-state index contributed by atoms with van der Waals surface area (Å²) in [6.45, 7) is 0.805. The number of amides is 1. The molecule has 1 saturated carbocycles. The summed E-state index contributed by atoms with van der Waals surface area (Å²) < 4.78 is 0. The molecule has 2 nitrogen and oxygen atoms in total. The number of thioether (sulfide) groups is 1. The van der Waals surface area contributed by atoms with Crippen molar-refractivity contribution in [3.8, 4) is 0 Å². The number of alkyl halides is 2. The van der Waals surface area contributed by atoms with Gasteiger partial charge in [0.25, 0.3) is 5.91 Å². The monoisotopic (exact) mass is 281 g/mol. The second kappa shape index (κ2) is 5.36. The van der Waals surface area contributed by atoms with Crippen LogP contribution >= 0.6 is 35.0 Å². The minimum absolute atomic E-state index is 0.00954. The van der Waals surface area contributed by atoms with Gasteiger partial charge < -0.3 is 4.90 Å². The summed E-state index contributed by atoms with van der Waals surface area (Å²) in [6, 6.07) is 0. The summed E-state index contributed by atoms with van der Waals surface area (Å²) in [6.07, 6.45) is 7.21. The van der Waals surface area contributed by atoms with Gasteiger partial charge >= 0.3 is 0 Å². The van der Waals surface area contributed by atoms with Crippen molar-refractivity contribution >= 4 is 40.9 Å². The third kappa shape index (κ3) is 2.46. The van der Waals surface area contributed by atoms with Gasteiger partial charge in [0, 0.05) is 12.3 Å². The van der Waals surface area contributed by atoms with Gasteiger partial charge in [-0.3, -0.25) is 4.79 Å². The lowest BCUT2D eigenvalue weighted by Gasteiger charge is -2.37. The summed E-state index contributed by atoms with van der Waals surface area (Å²) in [5, 5.41) is 0. The first kappa shape index (κ1) is 12.8. The van der Waals surface area contributed by atoms with E-state index < -0.39 is 4.84 Å². The predicted octanol–water partition coefficient (Wildman–Crippen LogP) is 3.42. The van der Waals surface area contributed by atoms with Crippen LogP contribution in [-0.4, -0.2) is 32.8 Å². The van der Waals surface area contributed by atoms with Gasteiger partial charge in [0.05, 0.1) is 4.87 Å². The average molecular weight is 282 g/mol. The van der Waals surface area contributed by atoms with E-state index in [1.54, 1.807) is 0 Å². The highest BCUT2D eigenvalue weighted by molar-refractivity contribution is 8.00. The molecule has 16 heavy (non-hydrogen) atoms. The summed E-state index contributed by atoms with van der Waals surface area (Å²) in [5.41, 5.74) is 0. The Balaban J connectivity index is 2.14. The van der Waals surface area contributed by atoms with Crippen LogP contribution in [-0.2, 0) is 4.79 Å². The van der Waals surface area contributed by atoms with Crippen LogP contribution in [0, 0.1) is 0 Å². The van der Waals surface area contributed by atoms with Crippen LogP contribution in [0.15, 0.2) is 0 Å². The highest BCUT2D eigenvalue weighted by Gasteiger charge is 2.45. The Labute approximate surface area is 111 Å². The summed E-state index contributed by atoms with van der Waals surface area (Å²) >= 11 is 13.4. The molecule has 2 aliphatic rings. The van der Waals surface area contributed by atoms with Crippen LogP contribution in [0.25, 0.3) is 0 Å². The Morgan fingerprint density at radius 3 is 2.38 bits per heavy atom. The van der Waals surface area contributed by atoms with Crippen LogP contribution in [0.3, 0.4) is 0 Å². The second-order valence-electron chi connectivity index (χ2n) is 4.50. The van der Waals surface area contributed by atoms with E-state index in [2.05, 4.69) is 0 Å². The number of carbonyl (C=O) groups excluding carboxylic acids is 1. The molecule has 1 amide bonds. The van der Waals surface area contributed by atoms with E-state index in [4.69, 9.17) is 23.2 Å². The van der Waals surface area contributed by atoms with Gasteiger partial charge in [0.1, 0.15) is 0 Å². The minimum Gasteiger partial charge on any atom is -0.325 e. The van der Waals surface area contributed by atoms with E-state index in [1.807, 2.05) is 16.7 Å². The van der Waals surface area contributed by atoms with Crippen LogP contribution in [0.4, 0.5) is 0 Å². The van der Waals surface area contributed by atoms with Gasteiger partial charge in [-0.1, -0.05) is 48.9 Å². The Morgan fingerprint density at radius 2 is 1.81 bits per heavy atom. The zero-order chi connectivity index (χ0) is 11.6. The SMILES string of the molecule is O=C(C(Cl)Cl)N1CCSC12CCCCCC2. The lowest BCUT2D eigenvalue weighted by molar-refractivity contribution is -0.132. The Kier molecular flexibility index (Phi) is 4.31. The second-order valence-corrected chi connectivity index (χ2v) is 7.05. The lowest BCUT2D eigenvalue weighted by atomic mass is 10.1. The molecule has 1 aliphatic carbocycles. The molecule has 1 aliphatic heterocycles. The van der Waals surface area contributed by atoms with E-state index >= 15 is 0 Å². The van der Waals surface area contributed by atoms with Crippen molar-refractivity contribution in [2.45, 2.75) is 48.2 Å². The number of rotatable bonds is 1. The maximum absolute atomic E-state index is 12.0. The highest BCUT2D eigenvalue weighted by Crippen LogP contribution is 2.46. The molecule has 0 unspecified atom stereocenters. The highest BCUT2D eigenvalue weighted by atomic mass is 35.5. The van der Waals surface area contributed by atoms with Gasteiger partial charge in [0.15, 0.2) is 4.84 Å². The van der Waals surface area contributed by atoms with Crippen molar-refractivity contribution in [3.05, 3.63) is 0 Å². The van der Waals surface area contributed by atoms with Gasteiger partial charge in [0.2, 0.25) is 0 Å². The van der Waals surface area contributed by atoms with Gasteiger partial charge in [-0.15, -0.1) is 11.8 Å². The number of hydrogen-bond acceptors (Lipinski definition) is 2. The molecule has 0 bridgehead atoms. The molecule has 0 aromatic heterocycles. The fraction of sp³-hybridized carbons (Fsp3) is 0.909. The molecular formula is C11H17Cl2NOS. The average Bonchev–Trinajstić information content (AvgIpc) is 2.49. The van der Waals surface area contributed by atoms with Gasteiger partial charge in [-0.05, 0) is 12.8 Å². The Bertz CT molecular complexity index is 265. The van der Waals surface area contributed by atoms with Gasteiger partial charge in [-0.2, -0.15) is 0 Å². The number of carbonyl (C=O) groups is 1. The number of halogens is 2. The molecule has 0 radical (unpaired) electrons. The van der Waals surface area contributed by atoms with Crippen molar-refractivity contribution in [1.29, 1.82) is 0 Å². The van der Waals surface area contributed by atoms with Crippen LogP contribution in [0.2, 0.25) is 0 Å². The fourth-order valence-corrected chi connectivity index (χ4v) is 4.54. The van der Waals surface area contributed by atoms with Crippen LogP contribution < -0.4 is 0 Å². The van der Waals surface area contributed by atoms with Crippen molar-refractivity contribution in [3.63, 3.8) is 0 Å². The van der Waals surface area contributed by atoms with Crippen molar-refractivity contribution in [2.75, 3.05) is 12.3 Å². The standard InChI is InChI=1S/C11H17Cl2NOS/c12-9(13)10(15)14-7-8-16-11(14)5-3-1-2-4-6-11/h9H,1-8H2. The molecule has 92 valence electrons. The molecule has 0 N–H and O–H groups in total. The molecule has 2 rings (SSSR count). The van der Waals surface area contributed by atoms with E-state index in [9.17, 15) is 4.79 Å². The van der Waals surface area contributed by atoms with Crippen LogP contribution in [0.5, 0.6) is 0 Å². The molecular weight excluding hydrogens is 265 g/mol. The number of hydrogen-bond donors (Lipinski definition) is 0. The van der Waals surface area contributed by atoms with Gasteiger partial charge in [-0.25, -0.2) is 0 Å². The summed E-state index contributed by atoms with van der Waals surface area (Å²) in [7, 11) is 0. The molecule has 2 fully saturated rings. The quantitative estimate of drug-likeness (QED) is 0.687. The lowest BCUT2D eigenvalue weighted by Crippen LogP contribution is -2.47. The van der Waals surface area contributed by atoms with E-state index in [-0.39, 0.29) is 10.8 Å². The van der Waals surface area contributed by atoms with Crippen molar-refractivity contribution in [1.82, 2.24) is 4.90 Å². The molecule has 1 heterocycles. The zero-order valence-corrected chi connectivity index (χ0v) is 11.6. The molecule has 0 aromatic rings. The normalized spacial score (nSPS) is 25.1.